The number of guanidine groups is 1. The molecular formula is C16H25IN6. The first-order valence-electron chi connectivity index (χ1n) is 7.59. The monoisotopic (exact) mass is 428 g/mol. The van der Waals surface area contributed by atoms with E-state index in [2.05, 4.69) is 45.6 Å². The van der Waals surface area contributed by atoms with Crippen LogP contribution in [-0.4, -0.2) is 33.8 Å². The number of rotatable bonds is 6. The molecule has 0 aromatic carbocycles. The average molecular weight is 428 g/mol. The van der Waals surface area contributed by atoms with Gasteiger partial charge in [0.2, 0.25) is 0 Å². The summed E-state index contributed by atoms with van der Waals surface area (Å²) in [5, 5.41) is 10.8. The van der Waals surface area contributed by atoms with Crippen LogP contribution in [0.15, 0.2) is 35.7 Å². The van der Waals surface area contributed by atoms with Gasteiger partial charge in [0.25, 0.3) is 0 Å². The maximum Gasteiger partial charge on any atom is 0.191 e. The molecule has 0 amide bonds. The highest BCUT2D eigenvalue weighted by Gasteiger charge is 2.01. The molecule has 0 bridgehead atoms. The lowest BCUT2D eigenvalue weighted by Gasteiger charge is -2.12. The number of nitrogens with one attached hydrogen (secondary N) is 2. The fourth-order valence-corrected chi connectivity index (χ4v) is 2.16. The van der Waals surface area contributed by atoms with E-state index >= 15 is 0 Å². The third kappa shape index (κ3) is 6.17. The Hall–Kier alpha value is -1.64. The predicted octanol–water partition coefficient (Wildman–Crippen LogP) is 2.04. The van der Waals surface area contributed by atoms with Gasteiger partial charge < -0.3 is 10.6 Å². The molecule has 0 saturated heterocycles. The molecule has 6 nitrogen and oxygen atoms in total. The first-order valence-corrected chi connectivity index (χ1v) is 7.59. The molecule has 126 valence electrons. The van der Waals surface area contributed by atoms with Crippen molar-refractivity contribution in [3.05, 3.63) is 47.5 Å². The molecule has 2 aromatic rings. The first kappa shape index (κ1) is 19.4. The van der Waals surface area contributed by atoms with E-state index in [0.717, 1.165) is 31.2 Å². The SMILES string of the molecule is CCNC(=NCc1ccnn1C)NCCc1ccncc1C.I. The maximum atomic E-state index is 4.59. The fraction of sp³-hybridized carbons (Fsp3) is 0.438. The zero-order valence-corrected chi connectivity index (χ0v) is 16.2. The second-order valence-corrected chi connectivity index (χ2v) is 5.12. The fourth-order valence-electron chi connectivity index (χ4n) is 2.16. The lowest BCUT2D eigenvalue weighted by atomic mass is 10.1. The highest BCUT2D eigenvalue weighted by Crippen LogP contribution is 2.05. The highest BCUT2D eigenvalue weighted by atomic mass is 127. The van der Waals surface area contributed by atoms with Crippen molar-refractivity contribution in [2.45, 2.75) is 26.8 Å². The lowest BCUT2D eigenvalue weighted by molar-refractivity contribution is 0.707. The number of aliphatic imine (C=N–C) groups is 1. The summed E-state index contributed by atoms with van der Waals surface area (Å²) in [4.78, 5) is 8.71. The van der Waals surface area contributed by atoms with Gasteiger partial charge in [-0.3, -0.25) is 9.67 Å². The molecular weight excluding hydrogens is 403 g/mol. The minimum Gasteiger partial charge on any atom is -0.357 e. The summed E-state index contributed by atoms with van der Waals surface area (Å²) in [6.07, 6.45) is 6.48. The third-order valence-electron chi connectivity index (χ3n) is 3.49. The van der Waals surface area contributed by atoms with Gasteiger partial charge in [0.05, 0.1) is 12.2 Å². The molecule has 2 aromatic heterocycles. The van der Waals surface area contributed by atoms with Crippen LogP contribution in [0.25, 0.3) is 0 Å². The molecule has 0 aliphatic carbocycles. The van der Waals surface area contributed by atoms with Crippen LogP contribution in [0.1, 0.15) is 23.7 Å². The maximum absolute atomic E-state index is 4.59. The van der Waals surface area contributed by atoms with E-state index in [-0.39, 0.29) is 24.0 Å². The molecule has 23 heavy (non-hydrogen) atoms. The van der Waals surface area contributed by atoms with E-state index in [9.17, 15) is 0 Å². The molecule has 2 N–H and O–H groups in total. The molecule has 0 spiro atoms. The second kappa shape index (κ2) is 10.2. The number of hydrogen-bond acceptors (Lipinski definition) is 3. The number of aromatic nitrogens is 3. The van der Waals surface area contributed by atoms with Crippen LogP contribution < -0.4 is 10.6 Å². The third-order valence-corrected chi connectivity index (χ3v) is 3.49. The number of pyridine rings is 1. The van der Waals surface area contributed by atoms with E-state index in [1.807, 2.05) is 30.2 Å². The van der Waals surface area contributed by atoms with E-state index in [0.29, 0.717) is 6.54 Å². The van der Waals surface area contributed by atoms with Crippen LogP contribution in [0.2, 0.25) is 0 Å². The Morgan fingerprint density at radius 2 is 2.09 bits per heavy atom. The highest BCUT2D eigenvalue weighted by molar-refractivity contribution is 14.0. The Morgan fingerprint density at radius 3 is 2.74 bits per heavy atom. The molecule has 0 aliphatic rings. The summed E-state index contributed by atoms with van der Waals surface area (Å²) >= 11 is 0. The number of hydrogen-bond donors (Lipinski definition) is 2. The van der Waals surface area contributed by atoms with Gasteiger partial charge in [-0.05, 0) is 43.5 Å². The molecule has 7 heteroatoms. The normalized spacial score (nSPS) is 11.0. The van der Waals surface area contributed by atoms with Gasteiger partial charge in [-0.2, -0.15) is 5.10 Å². The summed E-state index contributed by atoms with van der Waals surface area (Å²) in [5.41, 5.74) is 3.62. The van der Waals surface area contributed by atoms with Crippen LogP contribution in [-0.2, 0) is 20.0 Å². The molecule has 0 unspecified atom stereocenters. The summed E-state index contributed by atoms with van der Waals surface area (Å²) in [7, 11) is 1.93. The quantitative estimate of drug-likeness (QED) is 0.420. The van der Waals surface area contributed by atoms with Gasteiger partial charge in [-0.15, -0.1) is 24.0 Å². The smallest absolute Gasteiger partial charge is 0.191 e. The Kier molecular flexibility index (Phi) is 8.60. The van der Waals surface area contributed by atoms with Crippen molar-refractivity contribution in [3.63, 3.8) is 0 Å². The second-order valence-electron chi connectivity index (χ2n) is 5.12. The van der Waals surface area contributed by atoms with Gasteiger partial charge in [0.1, 0.15) is 0 Å². The van der Waals surface area contributed by atoms with Crippen LogP contribution in [0.3, 0.4) is 0 Å². The number of halogens is 1. The van der Waals surface area contributed by atoms with Crippen LogP contribution >= 0.6 is 24.0 Å². The topological polar surface area (TPSA) is 67.1 Å². The zero-order chi connectivity index (χ0) is 15.8. The van der Waals surface area contributed by atoms with Gasteiger partial charge in [-0.25, -0.2) is 4.99 Å². The molecule has 0 fully saturated rings. The van der Waals surface area contributed by atoms with Crippen molar-refractivity contribution in [2.75, 3.05) is 13.1 Å². The van der Waals surface area contributed by atoms with Crippen molar-refractivity contribution < 1.29 is 0 Å². The van der Waals surface area contributed by atoms with Crippen LogP contribution in [0, 0.1) is 6.92 Å². The van der Waals surface area contributed by atoms with Crippen molar-refractivity contribution in [3.8, 4) is 0 Å². The molecule has 0 atom stereocenters. The summed E-state index contributed by atoms with van der Waals surface area (Å²) < 4.78 is 1.84. The van der Waals surface area contributed by atoms with Crippen molar-refractivity contribution >= 4 is 29.9 Å². The van der Waals surface area contributed by atoms with Crippen LogP contribution in [0.5, 0.6) is 0 Å². The lowest BCUT2D eigenvalue weighted by Crippen LogP contribution is -2.38. The summed E-state index contributed by atoms with van der Waals surface area (Å²) in [5.74, 6) is 0.829. The van der Waals surface area contributed by atoms with E-state index < -0.39 is 0 Å². The molecule has 0 saturated carbocycles. The van der Waals surface area contributed by atoms with Crippen molar-refractivity contribution in [1.82, 2.24) is 25.4 Å². The zero-order valence-electron chi connectivity index (χ0n) is 13.9. The largest absolute Gasteiger partial charge is 0.357 e. The standard InChI is InChI=1S/C16H24N6.HI/c1-4-18-16(20-12-15-7-10-21-22(15)3)19-9-6-14-5-8-17-11-13(14)2;/h5,7-8,10-11H,4,6,9,12H2,1-3H3,(H2,18,19,20);1H. The minimum atomic E-state index is 0. The van der Waals surface area contributed by atoms with Gasteiger partial charge in [-0.1, -0.05) is 0 Å². The first-order chi connectivity index (χ1) is 10.7. The van der Waals surface area contributed by atoms with E-state index in [1.165, 1.54) is 11.1 Å². The van der Waals surface area contributed by atoms with Crippen molar-refractivity contribution in [1.29, 1.82) is 0 Å². The van der Waals surface area contributed by atoms with Crippen molar-refractivity contribution in [2.24, 2.45) is 12.0 Å². The van der Waals surface area contributed by atoms with Gasteiger partial charge in [0, 0.05) is 38.7 Å². The summed E-state index contributed by atoms with van der Waals surface area (Å²) in [6.45, 7) is 6.44. The average Bonchev–Trinajstić information content (AvgIpc) is 2.92. The Morgan fingerprint density at radius 1 is 1.26 bits per heavy atom. The molecule has 0 radical (unpaired) electrons. The minimum absolute atomic E-state index is 0. The number of nitrogens with zero attached hydrogens (tertiary/aromatic N) is 4. The Bertz CT molecular complexity index is 623. The Labute approximate surface area is 154 Å². The molecule has 0 aliphatic heterocycles. The van der Waals surface area contributed by atoms with Gasteiger partial charge >= 0.3 is 0 Å². The predicted molar refractivity (Wildman–Crippen MR) is 104 cm³/mol. The molecule has 2 rings (SSSR count). The summed E-state index contributed by atoms with van der Waals surface area (Å²) in [6, 6.07) is 4.05. The van der Waals surface area contributed by atoms with E-state index in [4.69, 9.17) is 0 Å². The van der Waals surface area contributed by atoms with Gasteiger partial charge in [0.15, 0.2) is 5.96 Å². The number of aryl methyl sites for hydroxylation is 2. The van der Waals surface area contributed by atoms with Crippen LogP contribution in [0.4, 0.5) is 0 Å². The van der Waals surface area contributed by atoms with E-state index in [1.54, 1.807) is 6.20 Å². The molecule has 2 heterocycles. The Balaban J connectivity index is 0.00000264.